The average Bonchev–Trinajstić information content (AvgIpc) is 2.83. The van der Waals surface area contributed by atoms with Gasteiger partial charge in [0.1, 0.15) is 18.1 Å². The van der Waals surface area contributed by atoms with Crippen LogP contribution in [-0.2, 0) is 9.47 Å². The molecule has 0 saturated carbocycles. The summed E-state index contributed by atoms with van der Waals surface area (Å²) in [6, 6.07) is 0. The zero-order valence-corrected chi connectivity index (χ0v) is 12.9. The summed E-state index contributed by atoms with van der Waals surface area (Å²) in [5, 5.41) is 9.31. The molecular weight excluding hydrogens is 377 g/mol. The van der Waals surface area contributed by atoms with Crippen molar-refractivity contribution < 1.29 is 14.6 Å². The van der Waals surface area contributed by atoms with Gasteiger partial charge >= 0.3 is 5.69 Å². The summed E-state index contributed by atoms with van der Waals surface area (Å²) in [5.74, 6) is 0.197. The number of halogens is 1. The lowest BCUT2D eigenvalue weighted by Crippen LogP contribution is -2.29. The van der Waals surface area contributed by atoms with Crippen LogP contribution in [0.2, 0.25) is 0 Å². The SMILES string of the molecule is C=CCO[C@@H]1C[C@H](n2cc(I)c(N)nc2=O)O[C@@H]1CO. The van der Waals surface area contributed by atoms with E-state index in [9.17, 15) is 9.90 Å². The van der Waals surface area contributed by atoms with Crippen molar-refractivity contribution in [2.45, 2.75) is 24.9 Å². The molecule has 0 unspecified atom stereocenters. The minimum Gasteiger partial charge on any atom is -0.394 e. The Morgan fingerprint density at radius 2 is 2.50 bits per heavy atom. The first-order chi connectivity index (χ1) is 9.56. The fraction of sp³-hybridized carbons (Fsp3) is 0.500. The Kier molecular flexibility index (Phi) is 5.13. The maximum absolute atomic E-state index is 11.9. The van der Waals surface area contributed by atoms with Crippen LogP contribution in [0.25, 0.3) is 0 Å². The number of nitrogens with two attached hydrogens (primary N) is 1. The Labute approximate surface area is 129 Å². The van der Waals surface area contributed by atoms with Crippen LogP contribution in [0.15, 0.2) is 23.6 Å². The molecule has 8 heteroatoms. The summed E-state index contributed by atoms with van der Waals surface area (Å²) in [5.41, 5.74) is 5.11. The Bertz CT molecular complexity index is 548. The van der Waals surface area contributed by atoms with Gasteiger partial charge in [-0.3, -0.25) is 4.57 Å². The van der Waals surface area contributed by atoms with Gasteiger partial charge in [0.25, 0.3) is 0 Å². The molecule has 3 N–H and O–H groups in total. The van der Waals surface area contributed by atoms with Crippen molar-refractivity contribution in [1.82, 2.24) is 9.55 Å². The lowest BCUT2D eigenvalue weighted by molar-refractivity contribution is -0.0581. The van der Waals surface area contributed by atoms with E-state index in [1.165, 1.54) is 4.57 Å². The molecule has 0 aliphatic carbocycles. The first kappa shape index (κ1) is 15.4. The molecular formula is C12H16IN3O4. The summed E-state index contributed by atoms with van der Waals surface area (Å²) < 4.78 is 13.2. The molecule has 1 fully saturated rings. The molecule has 0 radical (unpaired) electrons. The van der Waals surface area contributed by atoms with Crippen molar-refractivity contribution in [3.63, 3.8) is 0 Å². The Balaban J connectivity index is 2.20. The first-order valence-electron chi connectivity index (χ1n) is 6.09. The molecule has 0 bridgehead atoms. The number of aliphatic hydroxyl groups is 1. The highest BCUT2D eigenvalue weighted by Crippen LogP contribution is 2.30. The number of hydrogen-bond acceptors (Lipinski definition) is 6. The maximum Gasteiger partial charge on any atom is 0.351 e. The molecule has 1 aliphatic heterocycles. The minimum absolute atomic E-state index is 0.174. The number of nitrogen functional groups attached to an aromatic ring is 1. The minimum atomic E-state index is -0.518. The summed E-state index contributed by atoms with van der Waals surface area (Å²) in [4.78, 5) is 15.6. The highest BCUT2D eigenvalue weighted by molar-refractivity contribution is 14.1. The number of aromatic nitrogens is 2. The van der Waals surface area contributed by atoms with Crippen LogP contribution in [-0.4, -0.2) is 40.1 Å². The van der Waals surface area contributed by atoms with E-state index in [4.69, 9.17) is 15.2 Å². The predicted octanol–water partition coefficient (Wildman–Crippen LogP) is 0.281. The fourth-order valence-electron chi connectivity index (χ4n) is 2.07. The van der Waals surface area contributed by atoms with Crippen LogP contribution in [0, 0.1) is 3.57 Å². The molecule has 20 heavy (non-hydrogen) atoms. The molecule has 1 aromatic heterocycles. The van der Waals surface area contributed by atoms with Crippen LogP contribution in [0.1, 0.15) is 12.6 Å². The number of aliphatic hydroxyl groups excluding tert-OH is 1. The van der Waals surface area contributed by atoms with E-state index in [1.807, 2.05) is 22.6 Å². The molecule has 1 aromatic rings. The first-order valence-corrected chi connectivity index (χ1v) is 7.17. The van der Waals surface area contributed by atoms with Crippen molar-refractivity contribution in [3.8, 4) is 0 Å². The Hall–Kier alpha value is -0.970. The number of anilines is 1. The van der Waals surface area contributed by atoms with Gasteiger partial charge in [0.2, 0.25) is 0 Å². The summed E-state index contributed by atoms with van der Waals surface area (Å²) in [6.07, 6.45) is 2.41. The topological polar surface area (TPSA) is 99.6 Å². The summed E-state index contributed by atoms with van der Waals surface area (Å²) in [6.45, 7) is 3.77. The molecule has 1 aliphatic rings. The van der Waals surface area contributed by atoms with E-state index in [0.717, 1.165) is 0 Å². The molecule has 110 valence electrons. The third kappa shape index (κ3) is 3.19. The van der Waals surface area contributed by atoms with Crippen LogP contribution in [0.3, 0.4) is 0 Å². The largest absolute Gasteiger partial charge is 0.394 e. The van der Waals surface area contributed by atoms with E-state index in [1.54, 1.807) is 12.3 Å². The lowest BCUT2D eigenvalue weighted by Gasteiger charge is -2.15. The fourth-order valence-corrected chi connectivity index (χ4v) is 2.49. The van der Waals surface area contributed by atoms with Crippen molar-refractivity contribution in [3.05, 3.63) is 32.9 Å². The Morgan fingerprint density at radius 3 is 3.15 bits per heavy atom. The molecule has 1 saturated heterocycles. The molecule has 0 amide bonds. The quantitative estimate of drug-likeness (QED) is 0.551. The van der Waals surface area contributed by atoms with E-state index in [0.29, 0.717) is 16.6 Å². The van der Waals surface area contributed by atoms with Crippen LogP contribution in [0.5, 0.6) is 0 Å². The third-order valence-electron chi connectivity index (χ3n) is 3.03. The van der Waals surface area contributed by atoms with Gasteiger partial charge in [-0.15, -0.1) is 6.58 Å². The van der Waals surface area contributed by atoms with E-state index in [2.05, 4.69) is 11.6 Å². The third-order valence-corrected chi connectivity index (χ3v) is 3.86. The van der Waals surface area contributed by atoms with Gasteiger partial charge in [0.05, 0.1) is 22.9 Å². The summed E-state index contributed by atoms with van der Waals surface area (Å²) >= 11 is 2.00. The van der Waals surface area contributed by atoms with Gasteiger partial charge in [0, 0.05) is 12.6 Å². The Morgan fingerprint density at radius 1 is 1.75 bits per heavy atom. The van der Waals surface area contributed by atoms with Crippen molar-refractivity contribution in [2.75, 3.05) is 18.9 Å². The number of hydrogen-bond donors (Lipinski definition) is 2. The van der Waals surface area contributed by atoms with Crippen LogP contribution >= 0.6 is 22.6 Å². The second-order valence-corrected chi connectivity index (χ2v) is 5.53. The van der Waals surface area contributed by atoms with E-state index in [-0.39, 0.29) is 18.5 Å². The molecule has 7 nitrogen and oxygen atoms in total. The molecule has 3 atom stereocenters. The van der Waals surface area contributed by atoms with Crippen molar-refractivity contribution >= 4 is 28.4 Å². The second kappa shape index (κ2) is 6.66. The van der Waals surface area contributed by atoms with Gasteiger partial charge in [0.15, 0.2) is 0 Å². The van der Waals surface area contributed by atoms with E-state index >= 15 is 0 Å². The van der Waals surface area contributed by atoms with Gasteiger partial charge in [-0.05, 0) is 22.6 Å². The molecule has 0 aromatic carbocycles. The zero-order chi connectivity index (χ0) is 14.7. The molecule has 2 heterocycles. The van der Waals surface area contributed by atoms with Crippen LogP contribution < -0.4 is 11.4 Å². The average molecular weight is 393 g/mol. The zero-order valence-electron chi connectivity index (χ0n) is 10.7. The van der Waals surface area contributed by atoms with Gasteiger partial charge in [-0.1, -0.05) is 6.08 Å². The second-order valence-electron chi connectivity index (χ2n) is 4.37. The maximum atomic E-state index is 11.9. The van der Waals surface area contributed by atoms with E-state index < -0.39 is 18.0 Å². The lowest BCUT2D eigenvalue weighted by atomic mass is 10.2. The van der Waals surface area contributed by atoms with Crippen molar-refractivity contribution in [1.29, 1.82) is 0 Å². The monoisotopic (exact) mass is 393 g/mol. The summed E-state index contributed by atoms with van der Waals surface area (Å²) in [7, 11) is 0. The normalized spacial score (nSPS) is 25.8. The standard InChI is InChI=1S/C12H16IN3O4/c1-2-3-19-8-4-10(20-9(8)6-17)16-5-7(13)11(14)15-12(16)18/h2,5,8-10,17H,1,3-4,6H2,(H2,14,15,18)/t8-,9-,10-/m1/s1. The molecule has 2 rings (SSSR count). The van der Waals surface area contributed by atoms with Gasteiger partial charge in [-0.2, -0.15) is 4.98 Å². The smallest absolute Gasteiger partial charge is 0.351 e. The molecule has 0 spiro atoms. The predicted molar refractivity (Wildman–Crippen MR) is 81.2 cm³/mol. The highest BCUT2D eigenvalue weighted by Gasteiger charge is 2.37. The number of ether oxygens (including phenoxy) is 2. The van der Waals surface area contributed by atoms with Gasteiger partial charge in [-0.25, -0.2) is 4.79 Å². The number of nitrogens with zero attached hydrogens (tertiary/aromatic N) is 2. The van der Waals surface area contributed by atoms with Crippen molar-refractivity contribution in [2.24, 2.45) is 0 Å². The van der Waals surface area contributed by atoms with Gasteiger partial charge < -0.3 is 20.3 Å². The van der Waals surface area contributed by atoms with Crippen LogP contribution in [0.4, 0.5) is 5.82 Å². The number of rotatable bonds is 5. The highest BCUT2D eigenvalue weighted by atomic mass is 127.